The molecule has 1 heterocycles. The quantitative estimate of drug-likeness (QED) is 0.366. The molecule has 0 saturated carbocycles. The molecule has 1 N–H and O–H groups in total. The Kier molecular flexibility index (Phi) is 5.52. The first-order valence-corrected chi connectivity index (χ1v) is 9.54. The number of ether oxygens (including phenoxy) is 1. The van der Waals surface area contributed by atoms with Crippen molar-refractivity contribution < 1.29 is 26.3 Å². The van der Waals surface area contributed by atoms with Crippen LogP contribution in [0.1, 0.15) is 0 Å². The molecule has 3 rings (SSSR count). The van der Waals surface area contributed by atoms with Crippen molar-refractivity contribution in [2.45, 2.75) is 0 Å². The van der Waals surface area contributed by atoms with Crippen LogP contribution < -0.4 is 14.3 Å². The van der Waals surface area contributed by atoms with Gasteiger partial charge in [0, 0.05) is 20.2 Å². The molecular weight excluding hydrogens is 402 g/mol. The normalized spacial score (nSPS) is 11.7. The van der Waals surface area contributed by atoms with Crippen molar-refractivity contribution in [2.75, 3.05) is 21.2 Å². The van der Waals surface area contributed by atoms with Gasteiger partial charge in [-0.3, -0.25) is 14.4 Å². The average Bonchev–Trinajstić information content (AvgIpc) is 2.66. The lowest BCUT2D eigenvalue weighted by Gasteiger charge is -2.08. The molecule has 3 aromatic rings. The standard InChI is InChI=1S/C18H17N3O7S/c1-21(2)20-19-15-8-13-16(9-17(15)26-3)27-10-14(18(13)22)11-4-6-12(7-5-11)28-29(23,24)25/h4-10H,1-3H3,(H,23,24,25). The van der Waals surface area contributed by atoms with Gasteiger partial charge >= 0.3 is 10.4 Å². The molecule has 152 valence electrons. The Labute approximate surface area is 165 Å². The van der Waals surface area contributed by atoms with E-state index >= 15 is 0 Å². The Hall–Kier alpha value is -3.44. The van der Waals surface area contributed by atoms with Crippen LogP contribution in [0.4, 0.5) is 5.69 Å². The Morgan fingerprint density at radius 3 is 2.41 bits per heavy atom. The number of benzene rings is 2. The first-order valence-electron chi connectivity index (χ1n) is 8.18. The zero-order chi connectivity index (χ0) is 21.2. The third kappa shape index (κ3) is 4.70. The van der Waals surface area contributed by atoms with Gasteiger partial charge in [-0.2, -0.15) is 8.42 Å². The van der Waals surface area contributed by atoms with E-state index in [1.807, 2.05) is 0 Å². The van der Waals surface area contributed by atoms with Crippen molar-refractivity contribution in [3.8, 4) is 22.6 Å². The minimum atomic E-state index is -4.63. The first-order chi connectivity index (χ1) is 13.7. The molecule has 10 nitrogen and oxygen atoms in total. The van der Waals surface area contributed by atoms with E-state index in [0.29, 0.717) is 22.6 Å². The fourth-order valence-electron chi connectivity index (χ4n) is 2.54. The minimum absolute atomic E-state index is 0.0995. The van der Waals surface area contributed by atoms with Gasteiger partial charge in [0.05, 0.1) is 18.1 Å². The van der Waals surface area contributed by atoms with Crippen LogP contribution in [0.25, 0.3) is 22.1 Å². The summed E-state index contributed by atoms with van der Waals surface area (Å²) in [5, 5.41) is 9.76. The maximum absolute atomic E-state index is 13.0. The number of hydrogen-bond donors (Lipinski definition) is 1. The highest BCUT2D eigenvalue weighted by Crippen LogP contribution is 2.33. The molecule has 0 aliphatic carbocycles. The van der Waals surface area contributed by atoms with Gasteiger partial charge in [-0.15, -0.1) is 5.11 Å². The van der Waals surface area contributed by atoms with Crippen molar-refractivity contribution in [3.63, 3.8) is 0 Å². The molecule has 0 atom stereocenters. The second-order valence-corrected chi connectivity index (χ2v) is 7.09. The van der Waals surface area contributed by atoms with Crippen LogP contribution in [0, 0.1) is 0 Å². The molecule has 0 bridgehead atoms. The van der Waals surface area contributed by atoms with E-state index in [2.05, 4.69) is 14.5 Å². The Morgan fingerprint density at radius 2 is 1.83 bits per heavy atom. The summed E-state index contributed by atoms with van der Waals surface area (Å²) in [5.74, 6) is 0.295. The van der Waals surface area contributed by atoms with Gasteiger partial charge in [0.15, 0.2) is 0 Å². The summed E-state index contributed by atoms with van der Waals surface area (Å²) in [7, 11) is 0.256. The molecule has 0 aliphatic heterocycles. The summed E-state index contributed by atoms with van der Waals surface area (Å²) in [6.07, 6.45) is 1.30. The molecule has 29 heavy (non-hydrogen) atoms. The molecule has 1 aromatic heterocycles. The Morgan fingerprint density at radius 1 is 1.14 bits per heavy atom. The van der Waals surface area contributed by atoms with Crippen molar-refractivity contribution in [3.05, 3.63) is 52.9 Å². The predicted octanol–water partition coefficient (Wildman–Crippen LogP) is 3.21. The molecule has 0 fully saturated rings. The maximum Gasteiger partial charge on any atom is 0.446 e. The fourth-order valence-corrected chi connectivity index (χ4v) is 2.89. The second kappa shape index (κ2) is 7.89. The summed E-state index contributed by atoms with van der Waals surface area (Å²) in [6, 6.07) is 8.61. The predicted molar refractivity (Wildman–Crippen MR) is 105 cm³/mol. The molecular formula is C18H17N3O7S. The smallest absolute Gasteiger partial charge is 0.446 e. The summed E-state index contributed by atoms with van der Waals surface area (Å²) < 4.78 is 45.5. The first kappa shape index (κ1) is 20.3. The van der Waals surface area contributed by atoms with Crippen LogP contribution >= 0.6 is 0 Å². The lowest BCUT2D eigenvalue weighted by atomic mass is 10.1. The Bertz CT molecular complexity index is 1230. The van der Waals surface area contributed by atoms with E-state index in [9.17, 15) is 13.2 Å². The highest BCUT2D eigenvalue weighted by atomic mass is 32.3. The van der Waals surface area contributed by atoms with E-state index in [0.717, 1.165) is 0 Å². The van der Waals surface area contributed by atoms with Crippen LogP contribution in [0.3, 0.4) is 0 Å². The van der Waals surface area contributed by atoms with Gasteiger partial charge in [0.25, 0.3) is 0 Å². The van der Waals surface area contributed by atoms with Crippen molar-refractivity contribution in [1.82, 2.24) is 5.01 Å². The van der Waals surface area contributed by atoms with Crippen LogP contribution in [-0.4, -0.2) is 39.2 Å². The van der Waals surface area contributed by atoms with E-state index < -0.39 is 10.4 Å². The molecule has 0 radical (unpaired) electrons. The summed E-state index contributed by atoms with van der Waals surface area (Å²) in [4.78, 5) is 13.0. The lowest BCUT2D eigenvalue weighted by molar-refractivity contribution is 0.387. The van der Waals surface area contributed by atoms with Crippen LogP contribution in [0.2, 0.25) is 0 Å². The third-order valence-electron chi connectivity index (χ3n) is 3.77. The number of methoxy groups -OCH3 is 1. The number of rotatable bonds is 6. The van der Waals surface area contributed by atoms with Crippen LogP contribution in [-0.2, 0) is 10.4 Å². The largest absolute Gasteiger partial charge is 0.494 e. The molecule has 0 amide bonds. The van der Waals surface area contributed by atoms with E-state index in [4.69, 9.17) is 13.7 Å². The van der Waals surface area contributed by atoms with Gasteiger partial charge in [-0.1, -0.05) is 17.4 Å². The van der Waals surface area contributed by atoms with Crippen LogP contribution in [0.15, 0.2) is 62.2 Å². The second-order valence-electron chi connectivity index (χ2n) is 6.07. The summed E-state index contributed by atoms with van der Waals surface area (Å²) in [6.45, 7) is 0. The number of nitrogens with zero attached hydrogens (tertiary/aromatic N) is 3. The van der Waals surface area contributed by atoms with E-state index in [-0.39, 0.29) is 22.1 Å². The van der Waals surface area contributed by atoms with Crippen LogP contribution in [0.5, 0.6) is 11.5 Å². The average molecular weight is 419 g/mol. The fraction of sp³-hybridized carbons (Fsp3) is 0.167. The van der Waals surface area contributed by atoms with Gasteiger partial charge in [-0.05, 0) is 23.8 Å². The van der Waals surface area contributed by atoms with E-state index in [1.54, 1.807) is 20.2 Å². The van der Waals surface area contributed by atoms with Gasteiger partial charge in [-0.25, -0.2) is 0 Å². The van der Waals surface area contributed by atoms with E-state index in [1.165, 1.54) is 48.7 Å². The zero-order valence-electron chi connectivity index (χ0n) is 15.7. The molecule has 0 spiro atoms. The van der Waals surface area contributed by atoms with Gasteiger partial charge in [0.2, 0.25) is 5.43 Å². The van der Waals surface area contributed by atoms with Crippen molar-refractivity contribution in [1.29, 1.82) is 0 Å². The molecule has 11 heteroatoms. The van der Waals surface area contributed by atoms with Crippen molar-refractivity contribution >= 4 is 27.1 Å². The molecule has 2 aromatic carbocycles. The molecule has 0 saturated heterocycles. The monoisotopic (exact) mass is 419 g/mol. The van der Waals surface area contributed by atoms with Crippen molar-refractivity contribution in [2.24, 2.45) is 10.3 Å². The third-order valence-corrected chi connectivity index (χ3v) is 4.18. The number of hydrogen-bond acceptors (Lipinski definition) is 8. The zero-order valence-corrected chi connectivity index (χ0v) is 16.5. The summed E-state index contributed by atoms with van der Waals surface area (Å²) >= 11 is 0. The minimum Gasteiger partial charge on any atom is -0.494 e. The summed E-state index contributed by atoms with van der Waals surface area (Å²) in [5.41, 5.74) is 1.06. The van der Waals surface area contributed by atoms with Gasteiger partial charge < -0.3 is 13.3 Å². The van der Waals surface area contributed by atoms with Gasteiger partial charge in [0.1, 0.15) is 29.0 Å². The number of fused-ring (bicyclic) bond motifs is 1. The highest BCUT2D eigenvalue weighted by molar-refractivity contribution is 7.81. The maximum atomic E-state index is 13.0. The Balaban J connectivity index is 2.08. The SMILES string of the molecule is COc1cc2occ(-c3ccc(OS(=O)(=O)O)cc3)c(=O)c2cc1N=NN(C)C. The lowest BCUT2D eigenvalue weighted by Crippen LogP contribution is -2.07. The highest BCUT2D eigenvalue weighted by Gasteiger charge is 2.14. The molecule has 0 unspecified atom stereocenters. The molecule has 0 aliphatic rings. The topological polar surface area (TPSA) is 131 Å².